The van der Waals surface area contributed by atoms with E-state index in [0.717, 1.165) is 28.9 Å². The van der Waals surface area contributed by atoms with Crippen molar-refractivity contribution in [1.29, 1.82) is 0 Å². The number of likely N-dealkylation sites (tertiary alicyclic amines) is 1. The highest BCUT2D eigenvalue weighted by Gasteiger charge is 2.57. The Balaban J connectivity index is 1.32. The molecule has 0 radical (unpaired) electrons. The van der Waals surface area contributed by atoms with Crippen LogP contribution in [0.4, 0.5) is 5.69 Å². The number of ketones is 1. The Bertz CT molecular complexity index is 1600. The van der Waals surface area contributed by atoms with Crippen LogP contribution in [0.1, 0.15) is 41.0 Å². The Morgan fingerprint density at radius 2 is 1.84 bits per heavy atom. The van der Waals surface area contributed by atoms with E-state index in [1.807, 2.05) is 49.4 Å². The van der Waals surface area contributed by atoms with E-state index < -0.39 is 22.7 Å². The monoisotopic (exact) mass is 600 g/mol. The van der Waals surface area contributed by atoms with Crippen molar-refractivity contribution in [2.75, 3.05) is 25.4 Å². The second-order valence-electron chi connectivity index (χ2n) is 11.5. The van der Waals surface area contributed by atoms with Crippen molar-refractivity contribution in [3.8, 4) is 11.5 Å². The number of hydrogen-bond donors (Lipinski definition) is 5. The number of carbonyl (C=O) groups is 3. The van der Waals surface area contributed by atoms with Crippen LogP contribution in [0.15, 0.2) is 65.6 Å². The average molecular weight is 601 g/mol. The number of nitrogens with two attached hydrogens (primary N) is 4. The number of benzene rings is 3. The van der Waals surface area contributed by atoms with Crippen molar-refractivity contribution < 1.29 is 19.1 Å². The summed E-state index contributed by atoms with van der Waals surface area (Å²) in [6.45, 7) is 2.83. The molecule has 9 N–H and O–H groups in total. The fourth-order valence-electron chi connectivity index (χ4n) is 6.70. The molecule has 2 amide bonds. The molecule has 3 aromatic carbocycles. The van der Waals surface area contributed by atoms with Crippen LogP contribution in [0.25, 0.3) is 0 Å². The van der Waals surface area contributed by atoms with Crippen LogP contribution in [0, 0.1) is 6.92 Å². The molecule has 10 nitrogen and oxygen atoms in total. The van der Waals surface area contributed by atoms with E-state index in [9.17, 15) is 14.4 Å². The number of anilines is 1. The molecule has 1 saturated heterocycles. The molecule has 1 fully saturated rings. The highest BCUT2D eigenvalue weighted by atomic mass is 32.2. The number of para-hydroxylation sites is 1. The van der Waals surface area contributed by atoms with Gasteiger partial charge in [-0.15, -0.1) is 11.8 Å². The fraction of sp³-hybridized carbons (Fsp3) is 0.344. The molecule has 2 aliphatic heterocycles. The summed E-state index contributed by atoms with van der Waals surface area (Å²) in [4.78, 5) is 42.5. The van der Waals surface area contributed by atoms with Gasteiger partial charge in [-0.1, -0.05) is 30.3 Å². The maximum atomic E-state index is 14.2. The molecule has 6 rings (SSSR count). The number of carbonyl (C=O) groups excluding carboxylic acids is 3. The number of aryl methyl sites for hydroxylation is 1. The van der Waals surface area contributed by atoms with Gasteiger partial charge in [-0.05, 0) is 72.4 Å². The zero-order valence-corrected chi connectivity index (χ0v) is 24.7. The molecule has 3 aliphatic rings. The average Bonchev–Trinajstić information content (AvgIpc) is 3.42. The predicted octanol–water partition coefficient (Wildman–Crippen LogP) is 2.11. The van der Waals surface area contributed by atoms with E-state index >= 15 is 0 Å². The summed E-state index contributed by atoms with van der Waals surface area (Å²) in [5.74, 6) is -0.0403. The zero-order chi connectivity index (χ0) is 30.5. The van der Waals surface area contributed by atoms with E-state index in [1.165, 1.54) is 11.8 Å². The maximum Gasteiger partial charge on any atom is 0.236 e. The van der Waals surface area contributed by atoms with Crippen molar-refractivity contribution in [2.24, 2.45) is 17.2 Å². The molecule has 1 aliphatic carbocycles. The van der Waals surface area contributed by atoms with Gasteiger partial charge in [-0.2, -0.15) is 0 Å². The molecule has 11 heteroatoms. The lowest BCUT2D eigenvalue weighted by Gasteiger charge is -2.42. The fourth-order valence-corrected chi connectivity index (χ4v) is 8.15. The number of piperidine rings is 1. The van der Waals surface area contributed by atoms with E-state index in [0.29, 0.717) is 41.4 Å². The van der Waals surface area contributed by atoms with Gasteiger partial charge in [0.2, 0.25) is 11.8 Å². The number of Topliss-reactive ketones (excluding diaryl/α,β-unsaturated/α-hetero) is 1. The first-order chi connectivity index (χ1) is 20.6. The van der Waals surface area contributed by atoms with E-state index in [-0.39, 0.29) is 30.2 Å². The minimum absolute atomic E-state index is 0.0708. The normalized spacial score (nSPS) is 26.1. The topological polar surface area (TPSA) is 180 Å². The lowest BCUT2D eigenvalue weighted by atomic mass is 9.64. The van der Waals surface area contributed by atoms with Gasteiger partial charge >= 0.3 is 0 Å². The smallest absolute Gasteiger partial charge is 0.236 e. The summed E-state index contributed by atoms with van der Waals surface area (Å²) in [7, 11) is 0. The summed E-state index contributed by atoms with van der Waals surface area (Å²) in [6.07, 6.45) is 1.50. The van der Waals surface area contributed by atoms with Crippen LogP contribution in [0.5, 0.6) is 11.5 Å². The minimum Gasteiger partial charge on any atom is -0.457 e. The number of nitrogen functional groups attached to an aromatic ring is 1. The van der Waals surface area contributed by atoms with Crippen molar-refractivity contribution in [3.05, 3.63) is 82.9 Å². The molecule has 5 atom stereocenters. The summed E-state index contributed by atoms with van der Waals surface area (Å²) < 4.78 is 6.00. The van der Waals surface area contributed by atoms with Crippen LogP contribution >= 0.6 is 11.8 Å². The highest BCUT2D eigenvalue weighted by Crippen LogP contribution is 2.56. The zero-order valence-electron chi connectivity index (χ0n) is 23.9. The third-order valence-corrected chi connectivity index (χ3v) is 10.2. The van der Waals surface area contributed by atoms with Gasteiger partial charge in [0.1, 0.15) is 17.0 Å². The number of hydrogen-bond acceptors (Lipinski definition) is 9. The van der Waals surface area contributed by atoms with Crippen LogP contribution < -0.4 is 33.0 Å². The Hall–Kier alpha value is -3.90. The quantitative estimate of drug-likeness (QED) is 0.265. The Kier molecular flexibility index (Phi) is 7.67. The SMILES string of the molecule is Cc1cc(Oc2ccccc2)ccc1C1(N)C(=O)C(N)C2c3c1ccc(N)c3SC2C(=O)NC1CCCN(C(=O)CN)C1. The lowest BCUT2D eigenvalue weighted by molar-refractivity contribution is -0.132. The van der Waals surface area contributed by atoms with Gasteiger partial charge in [0.05, 0.1) is 17.8 Å². The predicted molar refractivity (Wildman–Crippen MR) is 166 cm³/mol. The second-order valence-corrected chi connectivity index (χ2v) is 12.6. The summed E-state index contributed by atoms with van der Waals surface area (Å²) >= 11 is 1.32. The standard InChI is InChI=1S/C32H36N6O4S/c1-17-14-20(42-19-7-3-2-4-8-19)9-10-21(17)32(36)22-11-12-23(34)28-25(22)26(27(35)30(32)40)29(43-28)31(41)37-18-6-5-13-38(16-18)24(39)15-33/h2-4,7-12,14,18,26-27,29H,5-6,13,15-16,33-36H2,1H3,(H,37,41). The van der Waals surface area contributed by atoms with Gasteiger partial charge in [-0.25, -0.2) is 0 Å². The van der Waals surface area contributed by atoms with E-state index in [2.05, 4.69) is 5.32 Å². The number of nitrogens with one attached hydrogen (secondary N) is 1. The van der Waals surface area contributed by atoms with Crippen molar-refractivity contribution in [2.45, 2.75) is 53.5 Å². The second kappa shape index (κ2) is 11.3. The molecule has 0 saturated carbocycles. The van der Waals surface area contributed by atoms with Crippen molar-refractivity contribution in [3.63, 3.8) is 0 Å². The molecule has 43 heavy (non-hydrogen) atoms. The molecule has 5 unspecified atom stereocenters. The highest BCUT2D eigenvalue weighted by molar-refractivity contribution is 8.01. The maximum absolute atomic E-state index is 14.2. The largest absolute Gasteiger partial charge is 0.457 e. The molecule has 2 heterocycles. The van der Waals surface area contributed by atoms with Crippen molar-refractivity contribution in [1.82, 2.24) is 10.2 Å². The van der Waals surface area contributed by atoms with Gasteiger partial charge in [0.25, 0.3) is 0 Å². The Morgan fingerprint density at radius 3 is 2.56 bits per heavy atom. The molecule has 224 valence electrons. The number of rotatable bonds is 6. The summed E-state index contributed by atoms with van der Waals surface area (Å²) in [5, 5.41) is 2.43. The van der Waals surface area contributed by atoms with Crippen LogP contribution in [0.3, 0.4) is 0 Å². The van der Waals surface area contributed by atoms with Crippen LogP contribution in [-0.4, -0.2) is 59.5 Å². The van der Waals surface area contributed by atoms with Gasteiger partial charge in [-0.3, -0.25) is 14.4 Å². The number of thioether (sulfide) groups is 1. The molecular formula is C32H36N6O4S. The van der Waals surface area contributed by atoms with Gasteiger partial charge < -0.3 is 37.9 Å². The first-order valence-corrected chi connectivity index (χ1v) is 15.3. The summed E-state index contributed by atoms with van der Waals surface area (Å²) in [6, 6.07) is 17.2. The van der Waals surface area contributed by atoms with E-state index in [4.69, 9.17) is 27.7 Å². The van der Waals surface area contributed by atoms with Gasteiger partial charge in [0, 0.05) is 35.6 Å². The molecule has 0 bridgehead atoms. The van der Waals surface area contributed by atoms with E-state index in [1.54, 1.807) is 23.1 Å². The minimum atomic E-state index is -1.54. The third kappa shape index (κ3) is 4.96. The summed E-state index contributed by atoms with van der Waals surface area (Å²) in [5.41, 5.74) is 27.5. The Morgan fingerprint density at radius 1 is 1.09 bits per heavy atom. The Labute approximate surface area is 254 Å². The third-order valence-electron chi connectivity index (χ3n) is 8.79. The first-order valence-electron chi connectivity index (χ1n) is 14.4. The molecule has 3 aromatic rings. The number of nitrogens with zero attached hydrogens (tertiary/aromatic N) is 1. The van der Waals surface area contributed by atoms with Crippen LogP contribution in [0.2, 0.25) is 0 Å². The number of ether oxygens (including phenoxy) is 1. The van der Waals surface area contributed by atoms with Crippen LogP contribution in [-0.2, 0) is 19.9 Å². The molecular weight excluding hydrogens is 564 g/mol. The van der Waals surface area contributed by atoms with Gasteiger partial charge in [0.15, 0.2) is 5.78 Å². The first kappa shape index (κ1) is 29.2. The molecule has 0 aromatic heterocycles. The lowest BCUT2D eigenvalue weighted by Crippen LogP contribution is -2.61. The number of amides is 2. The molecule has 0 spiro atoms. The van der Waals surface area contributed by atoms with Crippen molar-refractivity contribution >= 4 is 35.0 Å².